The third kappa shape index (κ3) is 1.58. The molecule has 1 aromatic heterocycles. The fourth-order valence-corrected chi connectivity index (χ4v) is 2.34. The average Bonchev–Trinajstić information content (AvgIpc) is 2.95. The van der Waals surface area contributed by atoms with Crippen LogP contribution in [0.5, 0.6) is 11.5 Å². The summed E-state index contributed by atoms with van der Waals surface area (Å²) >= 11 is 0. The van der Waals surface area contributed by atoms with Crippen molar-refractivity contribution in [2.24, 2.45) is 0 Å². The number of hydrogen-bond acceptors (Lipinski definition) is 4. The summed E-state index contributed by atoms with van der Waals surface area (Å²) in [4.78, 5) is 12.5. The van der Waals surface area contributed by atoms with Crippen LogP contribution in [0.15, 0.2) is 57.9 Å². The van der Waals surface area contributed by atoms with E-state index < -0.39 is 0 Å². The zero-order valence-corrected chi connectivity index (χ0v) is 10.5. The highest BCUT2D eigenvalue weighted by atomic mass is 16.7. The Balaban J connectivity index is 1.94. The predicted octanol–water partition coefficient (Wildman–Crippen LogP) is 3.19. The maximum Gasteiger partial charge on any atom is 0.231 e. The number of benzene rings is 2. The van der Waals surface area contributed by atoms with Gasteiger partial charge in [-0.1, -0.05) is 18.2 Å². The minimum atomic E-state index is -0.0503. The van der Waals surface area contributed by atoms with Crippen LogP contribution in [0.4, 0.5) is 0 Å². The number of fused-ring (bicyclic) bond motifs is 2. The smallest absolute Gasteiger partial charge is 0.231 e. The van der Waals surface area contributed by atoms with Gasteiger partial charge in [-0.25, -0.2) is 0 Å². The van der Waals surface area contributed by atoms with Gasteiger partial charge >= 0.3 is 0 Å². The Bertz CT molecular complexity index is 864. The molecule has 0 N–H and O–H groups in total. The minimum Gasteiger partial charge on any atom is -0.463 e. The SMILES string of the molecule is O=c1c(-c2ccc3c(c2)OCO3)coc2ccccc12. The van der Waals surface area contributed by atoms with E-state index in [1.807, 2.05) is 18.2 Å². The molecule has 0 radical (unpaired) electrons. The Morgan fingerprint density at radius 3 is 2.75 bits per heavy atom. The van der Waals surface area contributed by atoms with E-state index in [9.17, 15) is 4.79 Å². The molecule has 20 heavy (non-hydrogen) atoms. The summed E-state index contributed by atoms with van der Waals surface area (Å²) in [5.74, 6) is 1.34. The van der Waals surface area contributed by atoms with Crippen LogP contribution in [0.1, 0.15) is 0 Å². The lowest BCUT2D eigenvalue weighted by molar-refractivity contribution is 0.174. The first kappa shape index (κ1) is 11.1. The van der Waals surface area contributed by atoms with E-state index in [1.165, 1.54) is 6.26 Å². The summed E-state index contributed by atoms with van der Waals surface area (Å²) in [6, 6.07) is 12.6. The summed E-state index contributed by atoms with van der Waals surface area (Å²) in [5, 5.41) is 0.572. The molecule has 1 aliphatic heterocycles. The van der Waals surface area contributed by atoms with Crippen LogP contribution in [0.2, 0.25) is 0 Å². The van der Waals surface area contributed by atoms with Gasteiger partial charge in [0.2, 0.25) is 6.79 Å². The monoisotopic (exact) mass is 266 g/mol. The van der Waals surface area contributed by atoms with Crippen LogP contribution in [0, 0.1) is 0 Å². The van der Waals surface area contributed by atoms with E-state index in [-0.39, 0.29) is 12.2 Å². The average molecular weight is 266 g/mol. The second-order valence-corrected chi connectivity index (χ2v) is 4.54. The molecule has 2 heterocycles. The number of rotatable bonds is 1. The highest BCUT2D eigenvalue weighted by Crippen LogP contribution is 2.35. The Kier molecular flexibility index (Phi) is 2.29. The predicted molar refractivity (Wildman–Crippen MR) is 74.0 cm³/mol. The quantitative estimate of drug-likeness (QED) is 0.678. The summed E-state index contributed by atoms with van der Waals surface area (Å²) in [7, 11) is 0. The van der Waals surface area contributed by atoms with Gasteiger partial charge in [-0.2, -0.15) is 0 Å². The number of ether oxygens (including phenoxy) is 2. The van der Waals surface area contributed by atoms with Crippen molar-refractivity contribution < 1.29 is 13.9 Å². The van der Waals surface area contributed by atoms with Crippen molar-refractivity contribution in [2.75, 3.05) is 6.79 Å². The molecule has 0 saturated carbocycles. The molecule has 4 rings (SSSR count). The second-order valence-electron chi connectivity index (χ2n) is 4.54. The topological polar surface area (TPSA) is 48.7 Å². The van der Waals surface area contributed by atoms with Crippen molar-refractivity contribution in [1.29, 1.82) is 0 Å². The van der Waals surface area contributed by atoms with Crippen LogP contribution < -0.4 is 14.9 Å². The standard InChI is InChI=1S/C16H10O4/c17-16-11-3-1-2-4-13(11)18-8-12(16)10-5-6-14-15(7-10)20-9-19-14/h1-8H,9H2. The molecule has 0 aliphatic carbocycles. The van der Waals surface area contributed by atoms with Gasteiger partial charge in [-0.15, -0.1) is 0 Å². The summed E-state index contributed by atoms with van der Waals surface area (Å²) in [6.45, 7) is 0.213. The third-order valence-corrected chi connectivity index (χ3v) is 3.36. The zero-order chi connectivity index (χ0) is 13.5. The Morgan fingerprint density at radius 2 is 1.80 bits per heavy atom. The lowest BCUT2D eigenvalue weighted by atomic mass is 10.1. The van der Waals surface area contributed by atoms with Gasteiger partial charge in [0, 0.05) is 0 Å². The Labute approximate surface area is 114 Å². The van der Waals surface area contributed by atoms with E-state index in [2.05, 4.69) is 0 Å². The van der Waals surface area contributed by atoms with Crippen molar-refractivity contribution in [1.82, 2.24) is 0 Å². The summed E-state index contributed by atoms with van der Waals surface area (Å²) in [6.07, 6.45) is 1.49. The van der Waals surface area contributed by atoms with E-state index in [0.29, 0.717) is 28.0 Å². The zero-order valence-electron chi connectivity index (χ0n) is 10.5. The van der Waals surface area contributed by atoms with E-state index in [1.54, 1.807) is 24.3 Å². The summed E-state index contributed by atoms with van der Waals surface area (Å²) in [5.41, 5.74) is 1.81. The summed E-state index contributed by atoms with van der Waals surface area (Å²) < 4.78 is 16.1. The van der Waals surface area contributed by atoms with E-state index in [0.717, 1.165) is 5.56 Å². The molecule has 3 aromatic rings. The fraction of sp³-hybridized carbons (Fsp3) is 0.0625. The van der Waals surface area contributed by atoms with E-state index >= 15 is 0 Å². The van der Waals surface area contributed by atoms with Crippen LogP contribution in [0.25, 0.3) is 22.1 Å². The molecule has 0 fully saturated rings. The molecule has 4 nitrogen and oxygen atoms in total. The molecule has 98 valence electrons. The molecule has 0 spiro atoms. The first-order chi connectivity index (χ1) is 9.83. The lowest BCUT2D eigenvalue weighted by Gasteiger charge is -2.03. The second kappa shape index (κ2) is 4.13. The van der Waals surface area contributed by atoms with Gasteiger partial charge in [0.05, 0.1) is 10.9 Å². The van der Waals surface area contributed by atoms with Gasteiger partial charge in [0.1, 0.15) is 11.8 Å². The van der Waals surface area contributed by atoms with Gasteiger partial charge in [-0.3, -0.25) is 4.79 Å². The maximum absolute atomic E-state index is 12.5. The van der Waals surface area contributed by atoms with Gasteiger partial charge in [-0.05, 0) is 29.8 Å². The Morgan fingerprint density at radius 1 is 0.950 bits per heavy atom. The third-order valence-electron chi connectivity index (χ3n) is 3.36. The largest absolute Gasteiger partial charge is 0.463 e. The van der Waals surface area contributed by atoms with Crippen molar-refractivity contribution >= 4 is 11.0 Å². The highest BCUT2D eigenvalue weighted by Gasteiger charge is 2.16. The van der Waals surface area contributed by atoms with Crippen LogP contribution in [-0.2, 0) is 0 Å². The molecule has 0 saturated heterocycles. The molecule has 0 amide bonds. The van der Waals surface area contributed by atoms with Gasteiger partial charge < -0.3 is 13.9 Å². The highest BCUT2D eigenvalue weighted by molar-refractivity contribution is 5.81. The normalized spacial score (nSPS) is 12.8. The van der Waals surface area contributed by atoms with Crippen LogP contribution >= 0.6 is 0 Å². The minimum absolute atomic E-state index is 0.0503. The fourth-order valence-electron chi connectivity index (χ4n) is 2.34. The molecule has 1 aliphatic rings. The molecule has 4 heteroatoms. The van der Waals surface area contributed by atoms with Crippen molar-refractivity contribution in [3.05, 3.63) is 59.0 Å². The van der Waals surface area contributed by atoms with Crippen molar-refractivity contribution in [3.63, 3.8) is 0 Å². The number of para-hydroxylation sites is 1. The first-order valence-electron chi connectivity index (χ1n) is 6.23. The first-order valence-corrected chi connectivity index (χ1v) is 6.23. The van der Waals surface area contributed by atoms with Crippen molar-refractivity contribution in [2.45, 2.75) is 0 Å². The molecule has 2 aromatic carbocycles. The Hall–Kier alpha value is -2.75. The van der Waals surface area contributed by atoms with E-state index in [4.69, 9.17) is 13.9 Å². The van der Waals surface area contributed by atoms with Crippen molar-refractivity contribution in [3.8, 4) is 22.6 Å². The van der Waals surface area contributed by atoms with Crippen LogP contribution in [-0.4, -0.2) is 6.79 Å². The molecule has 0 unspecified atom stereocenters. The van der Waals surface area contributed by atoms with Crippen LogP contribution in [0.3, 0.4) is 0 Å². The molecule has 0 bridgehead atoms. The molecular weight excluding hydrogens is 256 g/mol. The van der Waals surface area contributed by atoms with Gasteiger partial charge in [0.15, 0.2) is 16.9 Å². The van der Waals surface area contributed by atoms with Gasteiger partial charge in [0.25, 0.3) is 0 Å². The number of hydrogen-bond donors (Lipinski definition) is 0. The lowest BCUT2D eigenvalue weighted by Crippen LogP contribution is -2.04. The molecular formula is C16H10O4. The molecule has 0 atom stereocenters. The maximum atomic E-state index is 12.5.